The van der Waals surface area contributed by atoms with E-state index >= 15 is 0 Å². The summed E-state index contributed by atoms with van der Waals surface area (Å²) in [5, 5.41) is 6.47. The second-order valence-corrected chi connectivity index (χ2v) is 5.84. The van der Waals surface area contributed by atoms with Gasteiger partial charge in [-0.1, -0.05) is 17.7 Å². The molecular weight excluding hydrogens is 296 g/mol. The average molecular weight is 318 g/mol. The minimum atomic E-state index is 0.578. The fourth-order valence-corrected chi connectivity index (χ4v) is 2.19. The molecule has 0 fully saturated rings. The Labute approximate surface area is 135 Å². The topological polar surface area (TPSA) is 62.5 Å². The number of thioether (sulfide) groups is 1. The first-order valence-electron chi connectivity index (χ1n) is 7.18. The molecule has 0 unspecified atom stereocenters. The molecule has 0 saturated carbocycles. The molecule has 5 nitrogen and oxygen atoms in total. The third kappa shape index (κ3) is 4.80. The maximum atomic E-state index is 5.54. The second-order valence-electron chi connectivity index (χ2n) is 4.86. The summed E-state index contributed by atoms with van der Waals surface area (Å²) in [5.41, 5.74) is 3.06. The fraction of sp³-hybridized carbons (Fsp3) is 0.375. The summed E-state index contributed by atoms with van der Waals surface area (Å²) in [4.78, 5) is 8.67. The molecule has 2 rings (SSSR count). The van der Waals surface area contributed by atoms with Crippen molar-refractivity contribution in [1.29, 1.82) is 0 Å². The molecule has 0 bridgehead atoms. The molecule has 2 N–H and O–H groups in total. The molecule has 0 atom stereocenters. The summed E-state index contributed by atoms with van der Waals surface area (Å²) in [6.07, 6.45) is 3.76. The molecule has 0 spiro atoms. The van der Waals surface area contributed by atoms with Crippen LogP contribution in [-0.2, 0) is 6.54 Å². The van der Waals surface area contributed by atoms with Crippen molar-refractivity contribution in [3.63, 3.8) is 0 Å². The van der Waals surface area contributed by atoms with Crippen LogP contribution in [0.3, 0.4) is 0 Å². The second kappa shape index (κ2) is 8.48. The summed E-state index contributed by atoms with van der Waals surface area (Å²) in [7, 11) is 1.76. The van der Waals surface area contributed by atoms with Crippen LogP contribution >= 0.6 is 11.8 Å². The number of hydrogen-bond donors (Lipinski definition) is 2. The van der Waals surface area contributed by atoms with Crippen molar-refractivity contribution in [3.05, 3.63) is 41.8 Å². The van der Waals surface area contributed by atoms with Gasteiger partial charge < -0.3 is 15.1 Å². The van der Waals surface area contributed by atoms with Crippen LogP contribution in [-0.4, -0.2) is 36.5 Å². The number of guanidine groups is 1. The van der Waals surface area contributed by atoms with Crippen LogP contribution in [0, 0.1) is 6.92 Å². The minimum Gasteiger partial charge on any atom is -0.444 e. The number of nitrogens with zero attached hydrogens (tertiary/aromatic N) is 2. The SMILES string of the molecule is CN=C(NCCSC)NCc1coc(-c2ccc(C)cc2)n1. The number of nitrogens with one attached hydrogen (secondary N) is 2. The number of hydrogen-bond acceptors (Lipinski definition) is 4. The Kier molecular flexibility index (Phi) is 6.33. The Hall–Kier alpha value is -1.95. The van der Waals surface area contributed by atoms with Gasteiger partial charge >= 0.3 is 0 Å². The van der Waals surface area contributed by atoms with Gasteiger partial charge in [-0.2, -0.15) is 11.8 Å². The number of oxazole rings is 1. The van der Waals surface area contributed by atoms with E-state index < -0.39 is 0 Å². The summed E-state index contributed by atoms with van der Waals surface area (Å²) in [5.74, 6) is 2.46. The number of aliphatic imine (C=N–C) groups is 1. The van der Waals surface area contributed by atoms with Crippen molar-refractivity contribution in [2.45, 2.75) is 13.5 Å². The number of aromatic nitrogens is 1. The van der Waals surface area contributed by atoms with E-state index in [9.17, 15) is 0 Å². The van der Waals surface area contributed by atoms with Gasteiger partial charge in [-0.25, -0.2) is 4.98 Å². The number of rotatable bonds is 6. The van der Waals surface area contributed by atoms with Gasteiger partial charge in [0.25, 0.3) is 0 Å². The Morgan fingerprint density at radius 3 is 2.73 bits per heavy atom. The van der Waals surface area contributed by atoms with Gasteiger partial charge in [-0.05, 0) is 25.3 Å². The molecule has 118 valence electrons. The maximum Gasteiger partial charge on any atom is 0.226 e. The lowest BCUT2D eigenvalue weighted by molar-refractivity contribution is 0.572. The smallest absolute Gasteiger partial charge is 0.226 e. The molecule has 1 aromatic heterocycles. The Morgan fingerprint density at radius 2 is 2.05 bits per heavy atom. The normalized spacial score (nSPS) is 11.5. The fourth-order valence-electron chi connectivity index (χ4n) is 1.88. The highest BCUT2D eigenvalue weighted by atomic mass is 32.2. The molecule has 0 aliphatic carbocycles. The van der Waals surface area contributed by atoms with Crippen LogP contribution in [0.4, 0.5) is 0 Å². The van der Waals surface area contributed by atoms with Crippen molar-refractivity contribution in [2.75, 3.05) is 25.6 Å². The van der Waals surface area contributed by atoms with Crippen LogP contribution in [0.5, 0.6) is 0 Å². The summed E-state index contributed by atoms with van der Waals surface area (Å²) < 4.78 is 5.54. The van der Waals surface area contributed by atoms with Crippen LogP contribution in [0.25, 0.3) is 11.5 Å². The zero-order valence-corrected chi connectivity index (χ0v) is 14.0. The zero-order chi connectivity index (χ0) is 15.8. The van der Waals surface area contributed by atoms with E-state index in [1.165, 1.54) is 5.56 Å². The van der Waals surface area contributed by atoms with Gasteiger partial charge in [0, 0.05) is 24.9 Å². The summed E-state index contributed by atoms with van der Waals surface area (Å²) in [6, 6.07) is 8.13. The first-order valence-corrected chi connectivity index (χ1v) is 8.57. The maximum absolute atomic E-state index is 5.54. The summed E-state index contributed by atoms with van der Waals surface area (Å²) >= 11 is 1.80. The molecule has 0 aliphatic heterocycles. The van der Waals surface area contributed by atoms with Crippen LogP contribution < -0.4 is 10.6 Å². The highest BCUT2D eigenvalue weighted by molar-refractivity contribution is 7.98. The average Bonchev–Trinajstić information content (AvgIpc) is 3.00. The van der Waals surface area contributed by atoms with Crippen LogP contribution in [0.1, 0.15) is 11.3 Å². The highest BCUT2D eigenvalue weighted by Crippen LogP contribution is 2.18. The molecule has 6 heteroatoms. The molecular formula is C16H22N4OS. The van der Waals surface area contributed by atoms with E-state index in [0.29, 0.717) is 12.4 Å². The van der Waals surface area contributed by atoms with Crippen molar-refractivity contribution < 1.29 is 4.42 Å². The zero-order valence-electron chi connectivity index (χ0n) is 13.2. The van der Waals surface area contributed by atoms with Gasteiger partial charge in [0.1, 0.15) is 6.26 Å². The highest BCUT2D eigenvalue weighted by Gasteiger charge is 2.07. The van der Waals surface area contributed by atoms with Gasteiger partial charge in [0.2, 0.25) is 5.89 Å². The lowest BCUT2D eigenvalue weighted by atomic mass is 10.1. The van der Waals surface area contributed by atoms with Gasteiger partial charge in [0.15, 0.2) is 5.96 Å². The number of aryl methyl sites for hydroxylation is 1. The van der Waals surface area contributed by atoms with E-state index in [0.717, 1.165) is 29.5 Å². The van der Waals surface area contributed by atoms with Crippen LogP contribution in [0.2, 0.25) is 0 Å². The van der Waals surface area contributed by atoms with E-state index in [4.69, 9.17) is 4.42 Å². The molecule has 22 heavy (non-hydrogen) atoms. The van der Waals surface area contributed by atoms with Crippen LogP contribution in [0.15, 0.2) is 39.9 Å². The quantitative estimate of drug-likeness (QED) is 0.487. The predicted molar refractivity (Wildman–Crippen MR) is 93.3 cm³/mol. The van der Waals surface area contributed by atoms with Gasteiger partial charge in [0.05, 0.1) is 12.2 Å². The first kappa shape index (κ1) is 16.4. The minimum absolute atomic E-state index is 0.578. The van der Waals surface area contributed by atoms with E-state index in [1.807, 2.05) is 12.1 Å². The standard InChI is InChI=1S/C16H22N4OS/c1-12-4-6-13(7-5-12)15-20-14(11-21-15)10-19-16(17-2)18-8-9-22-3/h4-7,11H,8-10H2,1-3H3,(H2,17,18,19). The molecule has 0 aliphatic rings. The summed E-state index contributed by atoms with van der Waals surface area (Å²) in [6.45, 7) is 3.52. The number of benzene rings is 1. The largest absolute Gasteiger partial charge is 0.444 e. The van der Waals surface area contributed by atoms with E-state index in [-0.39, 0.29) is 0 Å². The van der Waals surface area contributed by atoms with Gasteiger partial charge in [-0.15, -0.1) is 0 Å². The van der Waals surface area contributed by atoms with Crippen molar-refractivity contribution in [2.24, 2.45) is 4.99 Å². The Morgan fingerprint density at radius 1 is 1.27 bits per heavy atom. The van der Waals surface area contributed by atoms with E-state index in [1.54, 1.807) is 25.1 Å². The Bertz CT molecular complexity index is 607. The van der Waals surface area contributed by atoms with Gasteiger partial charge in [-0.3, -0.25) is 4.99 Å². The lowest BCUT2D eigenvalue weighted by Gasteiger charge is -2.09. The van der Waals surface area contributed by atoms with Crippen molar-refractivity contribution in [3.8, 4) is 11.5 Å². The molecule has 2 aromatic rings. The Balaban J connectivity index is 1.90. The molecule has 0 amide bonds. The molecule has 1 heterocycles. The predicted octanol–water partition coefficient (Wildman–Crippen LogP) is 2.68. The molecule has 1 aromatic carbocycles. The lowest BCUT2D eigenvalue weighted by Crippen LogP contribution is -2.38. The van der Waals surface area contributed by atoms with Crippen molar-refractivity contribution in [1.82, 2.24) is 15.6 Å². The third-order valence-electron chi connectivity index (χ3n) is 3.11. The van der Waals surface area contributed by atoms with E-state index in [2.05, 4.69) is 45.9 Å². The molecule has 0 saturated heterocycles. The molecule has 0 radical (unpaired) electrons. The first-order chi connectivity index (χ1) is 10.7. The monoisotopic (exact) mass is 318 g/mol. The van der Waals surface area contributed by atoms with Crippen molar-refractivity contribution >= 4 is 17.7 Å². The third-order valence-corrected chi connectivity index (χ3v) is 3.72.